The molecule has 4 heteroatoms. The minimum atomic E-state index is -0.751. The van der Waals surface area contributed by atoms with E-state index in [1.54, 1.807) is 6.92 Å². The lowest BCUT2D eigenvalue weighted by Crippen LogP contribution is -2.27. The SMILES string of the molecule is C[C@@H](Cc1ccc(OCCCCC2CCNCC2)cc1)C(=O)O. The molecule has 0 aromatic heterocycles. The molecule has 0 amide bonds. The monoisotopic (exact) mass is 319 g/mol. The van der Waals surface area contributed by atoms with Gasteiger partial charge >= 0.3 is 5.97 Å². The summed E-state index contributed by atoms with van der Waals surface area (Å²) in [6, 6.07) is 7.81. The van der Waals surface area contributed by atoms with E-state index in [2.05, 4.69) is 5.32 Å². The van der Waals surface area contributed by atoms with Gasteiger partial charge in [-0.25, -0.2) is 0 Å². The summed E-state index contributed by atoms with van der Waals surface area (Å²) in [6.45, 7) is 4.84. The lowest BCUT2D eigenvalue weighted by molar-refractivity contribution is -0.141. The van der Waals surface area contributed by atoms with Crippen LogP contribution in [0.1, 0.15) is 44.6 Å². The largest absolute Gasteiger partial charge is 0.494 e. The second-order valence-electron chi connectivity index (χ2n) is 6.62. The van der Waals surface area contributed by atoms with Crippen molar-refractivity contribution in [3.63, 3.8) is 0 Å². The Hall–Kier alpha value is -1.55. The van der Waals surface area contributed by atoms with Gasteiger partial charge in [0.05, 0.1) is 12.5 Å². The number of aliphatic carboxylic acids is 1. The molecule has 2 rings (SSSR count). The summed E-state index contributed by atoms with van der Waals surface area (Å²) in [5.74, 6) is 0.668. The van der Waals surface area contributed by atoms with E-state index in [9.17, 15) is 4.79 Å². The van der Waals surface area contributed by atoms with Gasteiger partial charge in [0, 0.05) is 0 Å². The fourth-order valence-corrected chi connectivity index (χ4v) is 3.06. The highest BCUT2D eigenvalue weighted by Crippen LogP contribution is 2.19. The van der Waals surface area contributed by atoms with Gasteiger partial charge in [-0.3, -0.25) is 4.79 Å². The van der Waals surface area contributed by atoms with Crippen LogP contribution in [0.5, 0.6) is 5.75 Å². The molecule has 0 radical (unpaired) electrons. The first-order chi connectivity index (χ1) is 11.1. The number of rotatable bonds is 9. The summed E-state index contributed by atoms with van der Waals surface area (Å²) in [4.78, 5) is 10.9. The van der Waals surface area contributed by atoms with Crippen LogP contribution in [0, 0.1) is 11.8 Å². The van der Waals surface area contributed by atoms with Gasteiger partial charge in [0.1, 0.15) is 5.75 Å². The molecule has 1 fully saturated rings. The van der Waals surface area contributed by atoms with Crippen LogP contribution in [-0.4, -0.2) is 30.8 Å². The highest BCUT2D eigenvalue weighted by Gasteiger charge is 2.12. The van der Waals surface area contributed by atoms with Crippen molar-refractivity contribution in [2.24, 2.45) is 11.8 Å². The predicted molar refractivity (Wildman–Crippen MR) is 91.9 cm³/mol. The number of hydrogen-bond donors (Lipinski definition) is 2. The lowest BCUT2D eigenvalue weighted by Gasteiger charge is -2.22. The molecular weight excluding hydrogens is 290 g/mol. The van der Waals surface area contributed by atoms with Crippen LogP contribution >= 0.6 is 0 Å². The first-order valence-electron chi connectivity index (χ1n) is 8.80. The Bertz CT molecular complexity index is 466. The van der Waals surface area contributed by atoms with Crippen LogP contribution in [0.3, 0.4) is 0 Å². The highest BCUT2D eigenvalue weighted by molar-refractivity contribution is 5.69. The highest BCUT2D eigenvalue weighted by atomic mass is 16.5. The molecule has 1 aromatic rings. The Kier molecular flexibility index (Phi) is 7.40. The molecule has 0 saturated carbocycles. The topological polar surface area (TPSA) is 58.6 Å². The Morgan fingerprint density at radius 3 is 2.61 bits per heavy atom. The van der Waals surface area contributed by atoms with Crippen molar-refractivity contribution in [1.82, 2.24) is 5.32 Å². The van der Waals surface area contributed by atoms with Crippen molar-refractivity contribution < 1.29 is 14.6 Å². The number of piperidine rings is 1. The number of ether oxygens (including phenoxy) is 1. The second-order valence-corrected chi connectivity index (χ2v) is 6.62. The van der Waals surface area contributed by atoms with Crippen LogP contribution in [-0.2, 0) is 11.2 Å². The zero-order chi connectivity index (χ0) is 16.5. The summed E-state index contributed by atoms with van der Waals surface area (Å²) in [6.07, 6.45) is 6.84. The van der Waals surface area contributed by atoms with Gasteiger partial charge < -0.3 is 15.2 Å². The minimum Gasteiger partial charge on any atom is -0.494 e. The Morgan fingerprint density at radius 1 is 1.26 bits per heavy atom. The van der Waals surface area contributed by atoms with E-state index < -0.39 is 5.97 Å². The third kappa shape index (κ3) is 6.61. The van der Waals surface area contributed by atoms with Crippen molar-refractivity contribution in [3.8, 4) is 5.75 Å². The summed E-state index contributed by atoms with van der Waals surface area (Å²) >= 11 is 0. The van der Waals surface area contributed by atoms with Crippen molar-refractivity contribution in [2.45, 2.75) is 45.4 Å². The summed E-state index contributed by atoms with van der Waals surface area (Å²) in [7, 11) is 0. The van der Waals surface area contributed by atoms with Gasteiger partial charge in [-0.1, -0.05) is 25.5 Å². The van der Waals surface area contributed by atoms with E-state index >= 15 is 0 Å². The maximum Gasteiger partial charge on any atom is 0.306 e. The van der Waals surface area contributed by atoms with Crippen LogP contribution in [0.4, 0.5) is 0 Å². The van der Waals surface area contributed by atoms with Crippen LogP contribution in [0.15, 0.2) is 24.3 Å². The number of carbonyl (C=O) groups is 1. The van der Waals surface area contributed by atoms with E-state index in [4.69, 9.17) is 9.84 Å². The molecule has 4 nitrogen and oxygen atoms in total. The first kappa shape index (κ1) is 17.8. The fraction of sp³-hybridized carbons (Fsp3) is 0.632. The molecule has 1 aliphatic heterocycles. The van der Waals surface area contributed by atoms with Crippen molar-refractivity contribution in [2.75, 3.05) is 19.7 Å². The number of nitrogens with one attached hydrogen (secondary N) is 1. The minimum absolute atomic E-state index is 0.350. The van der Waals surface area contributed by atoms with Crippen LogP contribution in [0.2, 0.25) is 0 Å². The van der Waals surface area contributed by atoms with Gasteiger partial charge in [0.15, 0.2) is 0 Å². The third-order valence-electron chi connectivity index (χ3n) is 4.62. The smallest absolute Gasteiger partial charge is 0.306 e. The second kappa shape index (κ2) is 9.56. The molecule has 0 unspecified atom stereocenters. The van der Waals surface area contributed by atoms with Crippen molar-refractivity contribution in [3.05, 3.63) is 29.8 Å². The Morgan fingerprint density at radius 2 is 1.96 bits per heavy atom. The average Bonchev–Trinajstić information content (AvgIpc) is 2.57. The van der Waals surface area contributed by atoms with Crippen molar-refractivity contribution >= 4 is 5.97 Å². The van der Waals surface area contributed by atoms with E-state index in [-0.39, 0.29) is 5.92 Å². The predicted octanol–water partition coefficient (Wildman–Crippen LogP) is 3.50. The molecule has 0 aliphatic carbocycles. The third-order valence-corrected chi connectivity index (χ3v) is 4.62. The van der Waals surface area contributed by atoms with Crippen LogP contribution in [0.25, 0.3) is 0 Å². The molecule has 1 aromatic carbocycles. The van der Waals surface area contributed by atoms with E-state index in [0.717, 1.165) is 30.3 Å². The fourth-order valence-electron chi connectivity index (χ4n) is 3.06. The van der Waals surface area contributed by atoms with Crippen LogP contribution < -0.4 is 10.1 Å². The number of carboxylic acid groups (broad SMARTS) is 1. The van der Waals surface area contributed by atoms with Crippen molar-refractivity contribution in [1.29, 1.82) is 0 Å². The summed E-state index contributed by atoms with van der Waals surface area (Å²) in [5, 5.41) is 12.3. The van der Waals surface area contributed by atoms with Gasteiger partial charge in [-0.05, 0) is 68.8 Å². The maximum atomic E-state index is 10.9. The number of benzene rings is 1. The normalized spacial score (nSPS) is 16.9. The Balaban J connectivity index is 1.61. The van der Waals surface area contributed by atoms with Gasteiger partial charge in [0.25, 0.3) is 0 Å². The average molecular weight is 319 g/mol. The van der Waals surface area contributed by atoms with E-state index in [0.29, 0.717) is 6.42 Å². The molecule has 1 atom stereocenters. The summed E-state index contributed by atoms with van der Waals surface area (Å²) < 4.78 is 5.77. The molecular formula is C19H29NO3. The molecule has 2 N–H and O–H groups in total. The Labute approximate surface area is 139 Å². The number of unbranched alkanes of at least 4 members (excludes halogenated alkanes) is 1. The summed E-state index contributed by atoms with van der Waals surface area (Å²) in [5.41, 5.74) is 1.04. The van der Waals surface area contributed by atoms with E-state index in [1.807, 2.05) is 24.3 Å². The maximum absolute atomic E-state index is 10.9. The molecule has 1 aliphatic rings. The van der Waals surface area contributed by atoms with E-state index in [1.165, 1.54) is 38.8 Å². The molecule has 0 bridgehead atoms. The van der Waals surface area contributed by atoms with Gasteiger partial charge in [-0.15, -0.1) is 0 Å². The lowest BCUT2D eigenvalue weighted by atomic mass is 9.93. The first-order valence-corrected chi connectivity index (χ1v) is 8.80. The zero-order valence-corrected chi connectivity index (χ0v) is 14.1. The van der Waals surface area contributed by atoms with Gasteiger partial charge in [-0.2, -0.15) is 0 Å². The molecule has 1 saturated heterocycles. The zero-order valence-electron chi connectivity index (χ0n) is 14.1. The number of hydrogen-bond acceptors (Lipinski definition) is 3. The molecule has 1 heterocycles. The quantitative estimate of drug-likeness (QED) is 0.684. The van der Waals surface area contributed by atoms with Gasteiger partial charge in [0.2, 0.25) is 0 Å². The molecule has 128 valence electrons. The number of carboxylic acids is 1. The molecule has 23 heavy (non-hydrogen) atoms. The standard InChI is InChI=1S/C19H29NO3/c1-15(19(21)22)14-17-5-7-18(8-6-17)23-13-3-2-4-16-9-11-20-12-10-16/h5-8,15-16,20H,2-4,9-14H2,1H3,(H,21,22)/t15-/m0/s1. The molecule has 0 spiro atoms.